The van der Waals surface area contributed by atoms with Crippen LogP contribution in [0.5, 0.6) is 0 Å². The predicted octanol–water partition coefficient (Wildman–Crippen LogP) is 5.58. The summed E-state index contributed by atoms with van der Waals surface area (Å²) in [6, 6.07) is 12.1. The molecular weight excluding hydrogens is 406 g/mol. The molecule has 1 aliphatic rings. The molecule has 0 fully saturated rings. The Kier molecular flexibility index (Phi) is 5.74. The van der Waals surface area contributed by atoms with E-state index in [9.17, 15) is 4.79 Å². The van der Waals surface area contributed by atoms with Crippen LogP contribution in [-0.2, 0) is 9.53 Å². The highest BCUT2D eigenvalue weighted by atomic mass is 35.5. The van der Waals surface area contributed by atoms with Gasteiger partial charge in [-0.05, 0) is 29.8 Å². The van der Waals surface area contributed by atoms with E-state index in [2.05, 4.69) is 10.3 Å². The van der Waals surface area contributed by atoms with E-state index in [1.807, 2.05) is 12.1 Å². The molecule has 0 bridgehead atoms. The molecule has 1 N–H and O–H groups in total. The summed E-state index contributed by atoms with van der Waals surface area (Å²) >= 11 is 23.6. The number of nitrogens with zero attached hydrogens (tertiary/aromatic N) is 1. The van der Waals surface area contributed by atoms with Crippen LogP contribution in [0.2, 0.25) is 10.0 Å². The number of hydrogen-bond acceptors (Lipinski definition) is 3. The average Bonchev–Trinajstić information content (AvgIpc) is 3.04. The zero-order chi connectivity index (χ0) is 18.0. The molecule has 1 aliphatic heterocycles. The summed E-state index contributed by atoms with van der Waals surface area (Å²) in [7, 11) is 0. The van der Waals surface area contributed by atoms with Gasteiger partial charge >= 0.3 is 0 Å². The van der Waals surface area contributed by atoms with Crippen molar-refractivity contribution in [3.8, 4) is 0 Å². The lowest BCUT2D eigenvalue weighted by Crippen LogP contribution is -2.18. The fourth-order valence-corrected chi connectivity index (χ4v) is 3.27. The number of alkyl halides is 2. The van der Waals surface area contributed by atoms with E-state index in [0.29, 0.717) is 21.3 Å². The highest BCUT2D eigenvalue weighted by Gasteiger charge is 2.32. The van der Waals surface area contributed by atoms with Gasteiger partial charge in [-0.1, -0.05) is 64.6 Å². The Morgan fingerprint density at radius 3 is 2.32 bits per heavy atom. The van der Waals surface area contributed by atoms with Gasteiger partial charge < -0.3 is 10.1 Å². The van der Waals surface area contributed by atoms with Gasteiger partial charge in [0.2, 0.25) is 0 Å². The van der Waals surface area contributed by atoms with E-state index in [0.717, 1.165) is 5.56 Å². The maximum atomic E-state index is 11.5. The summed E-state index contributed by atoms with van der Waals surface area (Å²) in [5, 5.41) is 3.65. The third kappa shape index (κ3) is 4.04. The van der Waals surface area contributed by atoms with Gasteiger partial charge in [0.05, 0.1) is 0 Å². The number of hydrogen-bond donors (Lipinski definition) is 1. The largest absolute Gasteiger partial charge is 0.473 e. The summed E-state index contributed by atoms with van der Waals surface area (Å²) in [6.45, 7) is 0. The predicted molar refractivity (Wildman–Crippen MR) is 102 cm³/mol. The Bertz CT molecular complexity index is 789. The van der Waals surface area contributed by atoms with Gasteiger partial charge in [0.15, 0.2) is 17.3 Å². The minimum Gasteiger partial charge on any atom is -0.473 e. The second-order valence-corrected chi connectivity index (χ2v) is 7.21. The van der Waals surface area contributed by atoms with E-state index >= 15 is 0 Å². The number of carbonyl (C=O) groups is 1. The average molecular weight is 418 g/mol. The molecule has 8 heteroatoms. The van der Waals surface area contributed by atoms with Crippen LogP contribution in [-0.4, -0.2) is 17.1 Å². The molecule has 4 nitrogen and oxygen atoms in total. The highest BCUT2D eigenvalue weighted by Crippen LogP contribution is 2.43. The normalized spacial score (nSPS) is 19.1. The van der Waals surface area contributed by atoms with Gasteiger partial charge in [0, 0.05) is 21.3 Å². The molecule has 0 saturated carbocycles. The zero-order valence-electron chi connectivity index (χ0n) is 12.6. The molecule has 0 radical (unpaired) electrons. The fraction of sp³-hybridized carbons (Fsp3) is 0.176. The first-order valence-corrected chi connectivity index (χ1v) is 8.90. The van der Waals surface area contributed by atoms with Gasteiger partial charge in [-0.2, -0.15) is 0 Å². The van der Waals surface area contributed by atoms with Crippen molar-refractivity contribution < 1.29 is 9.53 Å². The maximum absolute atomic E-state index is 11.5. The smallest absolute Gasteiger partial charge is 0.257 e. The van der Waals surface area contributed by atoms with Crippen molar-refractivity contribution in [1.29, 1.82) is 0 Å². The van der Waals surface area contributed by atoms with Crippen molar-refractivity contribution in [1.82, 2.24) is 0 Å². The van der Waals surface area contributed by atoms with E-state index in [-0.39, 0.29) is 6.04 Å². The van der Waals surface area contributed by atoms with Crippen LogP contribution in [0.4, 0.5) is 5.69 Å². The first-order chi connectivity index (χ1) is 12.0. The first kappa shape index (κ1) is 18.3. The Morgan fingerprint density at radius 2 is 1.72 bits per heavy atom. The number of nitrogens with one attached hydrogen (secondary N) is 1. The van der Waals surface area contributed by atoms with Crippen LogP contribution in [0.15, 0.2) is 47.5 Å². The maximum Gasteiger partial charge on any atom is 0.257 e. The van der Waals surface area contributed by atoms with Gasteiger partial charge in [0.25, 0.3) is 5.91 Å². The van der Waals surface area contributed by atoms with Crippen molar-refractivity contribution in [3.05, 3.63) is 63.6 Å². The number of ether oxygens (including phenoxy) is 1. The second kappa shape index (κ2) is 7.83. The Morgan fingerprint density at radius 1 is 1.08 bits per heavy atom. The number of amides is 1. The monoisotopic (exact) mass is 416 g/mol. The molecule has 0 aromatic heterocycles. The molecule has 0 aliphatic carbocycles. The van der Waals surface area contributed by atoms with E-state index in [1.54, 1.807) is 30.3 Å². The van der Waals surface area contributed by atoms with Crippen LogP contribution < -0.4 is 5.32 Å². The molecule has 3 rings (SSSR count). The van der Waals surface area contributed by atoms with E-state index in [1.165, 1.54) is 6.40 Å². The summed E-state index contributed by atoms with van der Waals surface area (Å²) in [4.78, 5) is 14.8. The van der Waals surface area contributed by atoms with Crippen LogP contribution in [0.3, 0.4) is 0 Å². The standard InChI is InChI=1S/C17H12Cl4N2O2/c18-11-2-1-3-12(19)13(11)15-14(22-8-25-15)9-4-6-10(7-5-9)23-17(24)16(20)21/h1-8,14-16H,(H,23,24). The third-order valence-electron chi connectivity index (χ3n) is 3.72. The van der Waals surface area contributed by atoms with Gasteiger partial charge in [-0.15, -0.1) is 0 Å². The molecule has 130 valence electrons. The molecule has 2 unspecified atom stereocenters. The Hall–Kier alpha value is -1.46. The van der Waals surface area contributed by atoms with Crippen LogP contribution in [0.1, 0.15) is 23.3 Å². The van der Waals surface area contributed by atoms with Crippen molar-refractivity contribution in [2.24, 2.45) is 4.99 Å². The summed E-state index contributed by atoms with van der Waals surface area (Å²) in [5.74, 6) is -0.487. The number of halogens is 4. The highest BCUT2D eigenvalue weighted by molar-refractivity contribution is 6.54. The molecular formula is C17H12Cl4N2O2. The zero-order valence-corrected chi connectivity index (χ0v) is 15.7. The molecule has 1 heterocycles. The number of anilines is 1. The molecule has 0 spiro atoms. The lowest BCUT2D eigenvalue weighted by molar-refractivity contribution is -0.114. The topological polar surface area (TPSA) is 50.7 Å². The second-order valence-electron chi connectivity index (χ2n) is 5.30. The summed E-state index contributed by atoms with van der Waals surface area (Å²) in [5.41, 5.74) is 2.16. The molecule has 2 aromatic carbocycles. The van der Waals surface area contributed by atoms with Crippen LogP contribution in [0.25, 0.3) is 0 Å². The molecule has 2 aromatic rings. The molecule has 2 atom stereocenters. The van der Waals surface area contributed by atoms with Crippen molar-refractivity contribution in [2.45, 2.75) is 17.0 Å². The minimum atomic E-state index is -1.13. The Labute approximate surface area is 164 Å². The molecule has 25 heavy (non-hydrogen) atoms. The Balaban J connectivity index is 1.83. The SMILES string of the molecule is O=C(Nc1ccc(C2N=COC2c2c(Cl)cccc2Cl)cc1)C(Cl)Cl. The van der Waals surface area contributed by atoms with E-state index < -0.39 is 16.8 Å². The minimum absolute atomic E-state index is 0.295. The number of aliphatic imine (C=N–C) groups is 1. The molecule has 1 amide bonds. The summed E-state index contributed by atoms with van der Waals surface area (Å²) < 4.78 is 5.63. The lowest BCUT2D eigenvalue weighted by atomic mass is 9.96. The molecule has 0 saturated heterocycles. The lowest BCUT2D eigenvalue weighted by Gasteiger charge is -2.20. The van der Waals surface area contributed by atoms with Crippen molar-refractivity contribution >= 4 is 64.4 Å². The number of benzene rings is 2. The first-order valence-electron chi connectivity index (χ1n) is 7.27. The number of rotatable bonds is 4. The van der Waals surface area contributed by atoms with Gasteiger partial charge in [-0.25, -0.2) is 4.99 Å². The fourth-order valence-electron chi connectivity index (χ4n) is 2.55. The quantitative estimate of drug-likeness (QED) is 0.660. The van der Waals surface area contributed by atoms with Gasteiger partial charge in [0.1, 0.15) is 6.04 Å². The van der Waals surface area contributed by atoms with Gasteiger partial charge in [-0.3, -0.25) is 4.79 Å². The van der Waals surface area contributed by atoms with Crippen molar-refractivity contribution in [3.63, 3.8) is 0 Å². The van der Waals surface area contributed by atoms with E-state index in [4.69, 9.17) is 51.1 Å². The number of carbonyl (C=O) groups excluding carboxylic acids is 1. The van der Waals surface area contributed by atoms with Crippen LogP contribution >= 0.6 is 46.4 Å². The van der Waals surface area contributed by atoms with Crippen LogP contribution in [0, 0.1) is 0 Å². The summed E-state index contributed by atoms with van der Waals surface area (Å²) in [6.07, 6.45) is 0.979. The third-order valence-corrected chi connectivity index (χ3v) is 4.77. The van der Waals surface area contributed by atoms with Crippen molar-refractivity contribution in [2.75, 3.05) is 5.32 Å².